The molecule has 0 spiro atoms. The number of nitrogens with zero attached hydrogens (tertiary/aromatic N) is 1. The standard InChI is InChI=1S/C12H16N2O2S/c1-12(2,3)17(15,16)14-11(9-13)10-7-5-4-6-8-10/h4-8,11,14H,1-3H3. The highest BCUT2D eigenvalue weighted by atomic mass is 32.2. The third kappa shape index (κ3) is 3.29. The molecule has 1 aromatic rings. The van der Waals surface area contributed by atoms with Gasteiger partial charge < -0.3 is 0 Å². The van der Waals surface area contributed by atoms with Crippen LogP contribution in [0.5, 0.6) is 0 Å². The van der Waals surface area contributed by atoms with Crippen LogP contribution >= 0.6 is 0 Å². The lowest BCUT2D eigenvalue weighted by molar-refractivity contribution is 0.539. The minimum atomic E-state index is -3.53. The highest BCUT2D eigenvalue weighted by Gasteiger charge is 2.31. The lowest BCUT2D eigenvalue weighted by Crippen LogP contribution is -2.40. The molecule has 1 atom stereocenters. The van der Waals surface area contributed by atoms with Gasteiger partial charge in [-0.25, -0.2) is 8.42 Å². The molecule has 1 rings (SSSR count). The lowest BCUT2D eigenvalue weighted by atomic mass is 10.1. The number of hydrogen-bond acceptors (Lipinski definition) is 3. The van der Waals surface area contributed by atoms with E-state index in [1.165, 1.54) is 0 Å². The number of nitriles is 1. The Morgan fingerprint density at radius 3 is 2.18 bits per heavy atom. The molecule has 0 saturated carbocycles. The van der Waals surface area contributed by atoms with E-state index in [2.05, 4.69) is 4.72 Å². The zero-order chi connectivity index (χ0) is 13.1. The SMILES string of the molecule is CC(C)(C)S(=O)(=O)NC(C#N)c1ccccc1. The van der Waals surface area contributed by atoms with Crippen LogP contribution in [0.15, 0.2) is 30.3 Å². The quantitative estimate of drug-likeness (QED) is 0.894. The number of rotatable bonds is 3. The molecule has 0 aliphatic rings. The second-order valence-corrected chi connectivity index (χ2v) is 7.17. The molecule has 5 heteroatoms. The van der Waals surface area contributed by atoms with Gasteiger partial charge in [0.1, 0.15) is 6.04 Å². The average Bonchev–Trinajstić information content (AvgIpc) is 2.25. The molecule has 4 nitrogen and oxygen atoms in total. The first kappa shape index (κ1) is 13.7. The fourth-order valence-corrected chi connectivity index (χ4v) is 2.00. The summed E-state index contributed by atoms with van der Waals surface area (Å²) in [7, 11) is -3.53. The third-order valence-corrected chi connectivity index (χ3v) is 4.50. The van der Waals surface area contributed by atoms with Crippen LogP contribution in [0.4, 0.5) is 0 Å². The summed E-state index contributed by atoms with van der Waals surface area (Å²) in [5.41, 5.74) is 0.642. The summed E-state index contributed by atoms with van der Waals surface area (Å²) < 4.78 is 25.3. The van der Waals surface area contributed by atoms with Gasteiger partial charge in [-0.3, -0.25) is 0 Å². The molecule has 0 heterocycles. The second-order valence-electron chi connectivity index (χ2n) is 4.71. The predicted octanol–water partition coefficient (Wildman–Crippen LogP) is 1.97. The van der Waals surface area contributed by atoms with E-state index in [4.69, 9.17) is 5.26 Å². The van der Waals surface area contributed by atoms with E-state index in [1.54, 1.807) is 45.0 Å². The van der Waals surface area contributed by atoms with Gasteiger partial charge >= 0.3 is 0 Å². The van der Waals surface area contributed by atoms with E-state index in [0.29, 0.717) is 5.56 Å². The monoisotopic (exact) mass is 252 g/mol. The fraction of sp³-hybridized carbons (Fsp3) is 0.417. The van der Waals surface area contributed by atoms with Crippen molar-refractivity contribution in [2.75, 3.05) is 0 Å². The van der Waals surface area contributed by atoms with Gasteiger partial charge in [0.15, 0.2) is 0 Å². The Bertz CT molecular complexity index is 510. The molecule has 0 amide bonds. The van der Waals surface area contributed by atoms with Crippen LogP contribution in [0.2, 0.25) is 0 Å². The van der Waals surface area contributed by atoms with Gasteiger partial charge in [-0.2, -0.15) is 9.98 Å². The van der Waals surface area contributed by atoms with Crippen molar-refractivity contribution in [1.29, 1.82) is 5.26 Å². The maximum atomic E-state index is 11.9. The third-order valence-electron chi connectivity index (χ3n) is 2.34. The molecule has 0 aliphatic carbocycles. The van der Waals surface area contributed by atoms with Crippen molar-refractivity contribution >= 4 is 10.0 Å². The summed E-state index contributed by atoms with van der Waals surface area (Å²) >= 11 is 0. The minimum absolute atomic E-state index is 0.642. The molecule has 92 valence electrons. The largest absolute Gasteiger partial charge is 0.217 e. The molecule has 0 fully saturated rings. The first-order chi connectivity index (χ1) is 7.78. The van der Waals surface area contributed by atoms with Crippen LogP contribution < -0.4 is 4.72 Å². The Kier molecular flexibility index (Phi) is 3.91. The van der Waals surface area contributed by atoms with Crippen LogP contribution in [0.3, 0.4) is 0 Å². The normalized spacial score (nSPS) is 14.0. The minimum Gasteiger partial charge on any atom is -0.212 e. The van der Waals surface area contributed by atoms with Crippen molar-refractivity contribution in [3.63, 3.8) is 0 Å². The molecule has 0 saturated heterocycles. The molecule has 1 N–H and O–H groups in total. The lowest BCUT2D eigenvalue weighted by Gasteiger charge is -2.22. The highest BCUT2D eigenvalue weighted by Crippen LogP contribution is 2.19. The Balaban J connectivity index is 2.99. The van der Waals surface area contributed by atoms with Gasteiger partial charge in [0, 0.05) is 0 Å². The van der Waals surface area contributed by atoms with Crippen molar-refractivity contribution in [2.24, 2.45) is 0 Å². The summed E-state index contributed by atoms with van der Waals surface area (Å²) in [6.07, 6.45) is 0. The molecule has 1 unspecified atom stereocenters. The van der Waals surface area contributed by atoms with E-state index < -0.39 is 20.8 Å². The van der Waals surface area contributed by atoms with E-state index in [0.717, 1.165) is 0 Å². The van der Waals surface area contributed by atoms with Crippen LogP contribution in [-0.2, 0) is 10.0 Å². The average molecular weight is 252 g/mol. The fourth-order valence-electron chi connectivity index (χ4n) is 1.15. The molecule has 17 heavy (non-hydrogen) atoms. The van der Waals surface area contributed by atoms with Gasteiger partial charge in [-0.15, -0.1) is 0 Å². The van der Waals surface area contributed by atoms with Crippen molar-refractivity contribution < 1.29 is 8.42 Å². The van der Waals surface area contributed by atoms with Crippen LogP contribution in [-0.4, -0.2) is 13.2 Å². The van der Waals surface area contributed by atoms with E-state index >= 15 is 0 Å². The number of sulfonamides is 1. The molecule has 0 aliphatic heterocycles. The summed E-state index contributed by atoms with van der Waals surface area (Å²) in [6.45, 7) is 4.78. The van der Waals surface area contributed by atoms with Gasteiger partial charge in [0.2, 0.25) is 10.0 Å². The second kappa shape index (κ2) is 4.86. The molecular formula is C12H16N2O2S. The first-order valence-corrected chi connectivity index (χ1v) is 6.73. The first-order valence-electron chi connectivity index (χ1n) is 5.24. The summed E-state index contributed by atoms with van der Waals surface area (Å²) in [5.74, 6) is 0. The summed E-state index contributed by atoms with van der Waals surface area (Å²) in [5, 5.41) is 9.03. The van der Waals surface area contributed by atoms with Gasteiger partial charge in [-0.05, 0) is 26.3 Å². The van der Waals surface area contributed by atoms with Gasteiger partial charge in [-0.1, -0.05) is 30.3 Å². The Morgan fingerprint density at radius 2 is 1.76 bits per heavy atom. The summed E-state index contributed by atoms with van der Waals surface area (Å²) in [6, 6.07) is 9.91. The molecule has 1 aromatic carbocycles. The van der Waals surface area contributed by atoms with E-state index in [-0.39, 0.29) is 0 Å². The van der Waals surface area contributed by atoms with E-state index in [1.807, 2.05) is 12.1 Å². The van der Waals surface area contributed by atoms with Crippen molar-refractivity contribution in [3.05, 3.63) is 35.9 Å². The van der Waals surface area contributed by atoms with Crippen LogP contribution in [0.25, 0.3) is 0 Å². The van der Waals surface area contributed by atoms with Crippen molar-refractivity contribution in [3.8, 4) is 6.07 Å². The molecular weight excluding hydrogens is 236 g/mol. The van der Waals surface area contributed by atoms with Crippen molar-refractivity contribution in [1.82, 2.24) is 4.72 Å². The van der Waals surface area contributed by atoms with Gasteiger partial charge in [0.25, 0.3) is 0 Å². The molecule has 0 bridgehead atoms. The van der Waals surface area contributed by atoms with Crippen LogP contribution in [0.1, 0.15) is 32.4 Å². The van der Waals surface area contributed by atoms with Gasteiger partial charge in [0.05, 0.1) is 10.8 Å². The smallest absolute Gasteiger partial charge is 0.212 e. The molecule has 0 radical (unpaired) electrons. The highest BCUT2D eigenvalue weighted by molar-refractivity contribution is 7.90. The summed E-state index contributed by atoms with van der Waals surface area (Å²) in [4.78, 5) is 0. The van der Waals surface area contributed by atoms with Crippen LogP contribution in [0, 0.1) is 11.3 Å². The predicted molar refractivity (Wildman–Crippen MR) is 66.6 cm³/mol. The van der Waals surface area contributed by atoms with Crippen molar-refractivity contribution in [2.45, 2.75) is 31.6 Å². The topological polar surface area (TPSA) is 70.0 Å². The number of hydrogen-bond donors (Lipinski definition) is 1. The Morgan fingerprint density at radius 1 is 1.24 bits per heavy atom. The Labute approximate surface area is 102 Å². The number of nitrogens with one attached hydrogen (secondary N) is 1. The zero-order valence-electron chi connectivity index (χ0n) is 10.1. The zero-order valence-corrected chi connectivity index (χ0v) is 11.0. The number of benzene rings is 1. The van der Waals surface area contributed by atoms with E-state index in [9.17, 15) is 8.42 Å². The molecule has 0 aromatic heterocycles. The maximum Gasteiger partial charge on any atom is 0.217 e. The maximum absolute atomic E-state index is 11.9. The Hall–Kier alpha value is -1.38.